The van der Waals surface area contributed by atoms with Gasteiger partial charge in [0.05, 0.1) is 11.6 Å². The quantitative estimate of drug-likeness (QED) is 0.839. The van der Waals surface area contributed by atoms with E-state index in [9.17, 15) is 4.39 Å². The van der Waals surface area contributed by atoms with Gasteiger partial charge in [0, 0.05) is 18.0 Å². The third kappa shape index (κ3) is 3.16. The maximum atomic E-state index is 14.4. The third-order valence-corrected chi connectivity index (χ3v) is 5.38. The monoisotopic (exact) mass is 340 g/mol. The summed E-state index contributed by atoms with van der Waals surface area (Å²) in [5.41, 5.74) is 0.640. The van der Waals surface area contributed by atoms with Crippen LogP contribution in [-0.2, 0) is 6.54 Å². The first-order valence-electron chi connectivity index (χ1n) is 9.01. The molecule has 6 heteroatoms. The number of halogens is 1. The number of rotatable bonds is 4. The molecule has 130 valence electrons. The number of hydrogen-bond donors (Lipinski definition) is 0. The van der Waals surface area contributed by atoms with Gasteiger partial charge in [0.15, 0.2) is 0 Å². The number of nitrogens with zero attached hydrogens (tertiary/aromatic N) is 4. The maximum absolute atomic E-state index is 14.4. The molecule has 5 nitrogen and oxygen atoms in total. The molecule has 1 unspecified atom stereocenters. The lowest BCUT2D eigenvalue weighted by atomic mass is 9.85. The fourth-order valence-corrected chi connectivity index (χ4v) is 3.67. The molecule has 1 saturated carbocycles. The van der Waals surface area contributed by atoms with Gasteiger partial charge in [0.2, 0.25) is 11.8 Å². The second-order valence-electron chi connectivity index (χ2n) is 6.98. The average Bonchev–Trinajstić information content (AvgIpc) is 3.05. The molecule has 2 aromatic rings. The molecule has 2 aliphatic rings. The van der Waals surface area contributed by atoms with Crippen LogP contribution in [0.4, 0.5) is 4.39 Å². The van der Waals surface area contributed by atoms with Crippen molar-refractivity contribution in [3.8, 4) is 6.07 Å². The Morgan fingerprint density at radius 2 is 2.00 bits per heavy atom. The minimum absolute atomic E-state index is 0.0280. The summed E-state index contributed by atoms with van der Waals surface area (Å²) >= 11 is 0. The van der Waals surface area contributed by atoms with Crippen LogP contribution in [0.25, 0.3) is 0 Å². The molecule has 2 fully saturated rings. The maximum Gasteiger partial charge on any atom is 0.233 e. The van der Waals surface area contributed by atoms with Crippen LogP contribution in [0.2, 0.25) is 0 Å². The highest BCUT2D eigenvalue weighted by molar-refractivity contribution is 5.35. The van der Waals surface area contributed by atoms with Crippen molar-refractivity contribution >= 4 is 0 Å². The zero-order valence-electron chi connectivity index (χ0n) is 14.1. The highest BCUT2D eigenvalue weighted by Gasteiger charge is 2.31. The Kier molecular flexibility index (Phi) is 4.50. The summed E-state index contributed by atoms with van der Waals surface area (Å²) in [6.07, 6.45) is 6.59. The van der Waals surface area contributed by atoms with Gasteiger partial charge < -0.3 is 4.42 Å². The highest BCUT2D eigenvalue weighted by atomic mass is 19.1. The lowest BCUT2D eigenvalue weighted by Crippen LogP contribution is -2.33. The number of hydrogen-bond acceptors (Lipinski definition) is 5. The smallest absolute Gasteiger partial charge is 0.233 e. The molecule has 0 amide bonds. The summed E-state index contributed by atoms with van der Waals surface area (Å²) in [5, 5.41) is 17.6. The van der Waals surface area contributed by atoms with Gasteiger partial charge in [-0.25, -0.2) is 4.39 Å². The zero-order valence-corrected chi connectivity index (χ0v) is 14.1. The van der Waals surface area contributed by atoms with Crippen LogP contribution < -0.4 is 0 Å². The standard InChI is InChI=1S/C19H21FN4O/c20-17-14(11-21)7-4-8-15(17)12-24-10-2-1-9-16(24)19-23-22-18(25-19)13-5-3-6-13/h4,7-8,13,16H,1-3,5-6,9-10,12H2. The Balaban J connectivity index is 1.55. The number of benzene rings is 1. The Bertz CT molecular complexity index is 793. The Morgan fingerprint density at radius 1 is 1.16 bits per heavy atom. The van der Waals surface area contributed by atoms with E-state index in [0.29, 0.717) is 23.9 Å². The largest absolute Gasteiger partial charge is 0.423 e. The molecule has 0 spiro atoms. The molecule has 0 bridgehead atoms. The van der Waals surface area contributed by atoms with Crippen molar-refractivity contribution in [3.63, 3.8) is 0 Å². The van der Waals surface area contributed by atoms with Gasteiger partial charge in [-0.05, 0) is 38.3 Å². The molecule has 0 radical (unpaired) electrons. The predicted octanol–water partition coefficient (Wildman–Crippen LogP) is 4.08. The van der Waals surface area contributed by atoms with Crippen LogP contribution in [0.1, 0.15) is 73.4 Å². The second-order valence-corrected chi connectivity index (χ2v) is 6.98. The van der Waals surface area contributed by atoms with Crippen LogP contribution in [0.3, 0.4) is 0 Å². The molecule has 25 heavy (non-hydrogen) atoms. The lowest BCUT2D eigenvalue weighted by Gasteiger charge is -2.33. The topological polar surface area (TPSA) is 66.0 Å². The first-order valence-corrected chi connectivity index (χ1v) is 9.01. The molecule has 2 heterocycles. The summed E-state index contributed by atoms with van der Waals surface area (Å²) in [6, 6.07) is 6.93. The molecule has 1 aliphatic heterocycles. The summed E-state index contributed by atoms with van der Waals surface area (Å²) in [7, 11) is 0. The molecule has 1 aromatic heterocycles. The summed E-state index contributed by atoms with van der Waals surface area (Å²) in [5.74, 6) is 1.40. The highest BCUT2D eigenvalue weighted by Crippen LogP contribution is 2.38. The van der Waals surface area contributed by atoms with E-state index in [1.807, 2.05) is 6.07 Å². The van der Waals surface area contributed by atoms with Crippen molar-refractivity contribution in [2.75, 3.05) is 6.54 Å². The molecule has 1 atom stereocenters. The molecular weight excluding hydrogens is 319 g/mol. The van der Waals surface area contributed by atoms with Gasteiger partial charge in [-0.15, -0.1) is 10.2 Å². The van der Waals surface area contributed by atoms with Gasteiger partial charge in [-0.1, -0.05) is 25.0 Å². The van der Waals surface area contributed by atoms with E-state index in [2.05, 4.69) is 15.1 Å². The van der Waals surface area contributed by atoms with Crippen molar-refractivity contribution in [2.24, 2.45) is 0 Å². The molecule has 0 N–H and O–H groups in total. The SMILES string of the molecule is N#Cc1cccc(CN2CCCCC2c2nnc(C3CCC3)o2)c1F. The minimum atomic E-state index is -0.421. The Labute approximate surface area is 146 Å². The van der Waals surface area contributed by atoms with Crippen LogP contribution in [0, 0.1) is 17.1 Å². The van der Waals surface area contributed by atoms with E-state index in [-0.39, 0.29) is 11.6 Å². The number of piperidine rings is 1. The molecule has 1 aliphatic carbocycles. The van der Waals surface area contributed by atoms with Crippen LogP contribution in [-0.4, -0.2) is 21.6 Å². The average molecular weight is 340 g/mol. The minimum Gasteiger partial charge on any atom is -0.423 e. The van der Waals surface area contributed by atoms with E-state index in [1.54, 1.807) is 12.1 Å². The number of likely N-dealkylation sites (tertiary alicyclic amines) is 1. The summed E-state index contributed by atoms with van der Waals surface area (Å²) in [6.45, 7) is 1.31. The van der Waals surface area contributed by atoms with Gasteiger partial charge in [0.25, 0.3) is 0 Å². The van der Waals surface area contributed by atoms with E-state index in [0.717, 1.165) is 44.5 Å². The fourth-order valence-electron chi connectivity index (χ4n) is 3.67. The second kappa shape index (κ2) is 6.93. The Morgan fingerprint density at radius 3 is 2.76 bits per heavy atom. The number of aromatic nitrogens is 2. The van der Waals surface area contributed by atoms with Crippen LogP contribution in [0.15, 0.2) is 22.6 Å². The van der Waals surface area contributed by atoms with Gasteiger partial charge in [-0.3, -0.25) is 4.90 Å². The van der Waals surface area contributed by atoms with Crippen LogP contribution >= 0.6 is 0 Å². The van der Waals surface area contributed by atoms with Gasteiger partial charge >= 0.3 is 0 Å². The van der Waals surface area contributed by atoms with Crippen molar-refractivity contribution in [1.82, 2.24) is 15.1 Å². The summed E-state index contributed by atoms with van der Waals surface area (Å²) < 4.78 is 20.4. The van der Waals surface area contributed by atoms with Crippen molar-refractivity contribution < 1.29 is 8.81 Å². The van der Waals surface area contributed by atoms with Crippen molar-refractivity contribution in [1.29, 1.82) is 5.26 Å². The van der Waals surface area contributed by atoms with Gasteiger partial charge in [0.1, 0.15) is 11.9 Å². The zero-order chi connectivity index (χ0) is 17.2. The van der Waals surface area contributed by atoms with Crippen molar-refractivity contribution in [3.05, 3.63) is 46.9 Å². The van der Waals surface area contributed by atoms with Crippen LogP contribution in [0.5, 0.6) is 0 Å². The predicted molar refractivity (Wildman–Crippen MR) is 89.0 cm³/mol. The molecule has 1 saturated heterocycles. The summed E-state index contributed by atoms with van der Waals surface area (Å²) in [4.78, 5) is 2.20. The third-order valence-electron chi connectivity index (χ3n) is 5.38. The number of nitriles is 1. The molecule has 1 aromatic carbocycles. The molecular formula is C19H21FN4O. The first kappa shape index (κ1) is 16.2. The fraction of sp³-hybridized carbons (Fsp3) is 0.526. The van der Waals surface area contributed by atoms with E-state index in [4.69, 9.17) is 9.68 Å². The molecule has 4 rings (SSSR count). The van der Waals surface area contributed by atoms with Gasteiger partial charge in [-0.2, -0.15) is 5.26 Å². The van der Waals surface area contributed by atoms with E-state index >= 15 is 0 Å². The lowest BCUT2D eigenvalue weighted by molar-refractivity contribution is 0.114. The normalized spacial score (nSPS) is 21.7. The first-order chi connectivity index (χ1) is 12.3. The van der Waals surface area contributed by atoms with E-state index < -0.39 is 5.82 Å². The Hall–Kier alpha value is -2.26. The van der Waals surface area contributed by atoms with Crippen molar-refractivity contribution in [2.45, 2.75) is 57.0 Å². The van der Waals surface area contributed by atoms with E-state index in [1.165, 1.54) is 12.5 Å².